The first-order valence-electron chi connectivity index (χ1n) is 10.1. The molecule has 1 aliphatic carbocycles. The van der Waals surface area contributed by atoms with E-state index in [9.17, 15) is 14.7 Å². The molecule has 5 rings (SSSR count). The fraction of sp³-hybridized carbons (Fsp3) is 0.250. The standard InChI is InChI=1S/C24H23N3O3/c1-24(2)10-19-21(20(28)11-24)22(15-12-25-16-6-4-3-5-14(15)16)27-17-8-7-13(23(29)30)9-18(17)26-19/h3-9,12,22,25-27H,10-11H2,1-2H3,(H,29,30)/t22-/m0/s1. The molecule has 2 heterocycles. The van der Waals surface area contributed by atoms with Gasteiger partial charge >= 0.3 is 5.97 Å². The maximum Gasteiger partial charge on any atom is 0.335 e. The maximum absolute atomic E-state index is 13.3. The van der Waals surface area contributed by atoms with E-state index in [0.29, 0.717) is 18.5 Å². The summed E-state index contributed by atoms with van der Waals surface area (Å²) in [6.45, 7) is 4.17. The zero-order valence-electron chi connectivity index (χ0n) is 16.9. The number of carbonyl (C=O) groups excluding carboxylic acids is 1. The molecule has 0 spiro atoms. The Hall–Kier alpha value is -3.54. The lowest BCUT2D eigenvalue weighted by atomic mass is 9.73. The molecule has 0 bridgehead atoms. The predicted octanol–water partition coefficient (Wildman–Crippen LogP) is 5.09. The second-order valence-electron chi connectivity index (χ2n) is 8.89. The van der Waals surface area contributed by atoms with Crippen LogP contribution in [0.3, 0.4) is 0 Å². The molecule has 1 aromatic heterocycles. The Balaban J connectivity index is 1.72. The third-order valence-electron chi connectivity index (χ3n) is 5.99. The molecule has 0 saturated carbocycles. The quantitative estimate of drug-likeness (QED) is 0.480. The van der Waals surface area contributed by atoms with Gasteiger partial charge in [-0.15, -0.1) is 0 Å². The highest BCUT2D eigenvalue weighted by molar-refractivity contribution is 6.02. The Morgan fingerprint density at radius 1 is 1.10 bits per heavy atom. The van der Waals surface area contributed by atoms with Gasteiger partial charge in [0.2, 0.25) is 0 Å². The number of para-hydroxylation sites is 1. The number of allylic oxidation sites excluding steroid dienone is 1. The molecule has 2 aromatic carbocycles. The van der Waals surface area contributed by atoms with Crippen LogP contribution in [0.4, 0.5) is 11.4 Å². The number of rotatable bonds is 2. The van der Waals surface area contributed by atoms with Gasteiger partial charge in [-0.1, -0.05) is 32.0 Å². The summed E-state index contributed by atoms with van der Waals surface area (Å²) in [5.41, 5.74) is 5.10. The third kappa shape index (κ3) is 2.96. The van der Waals surface area contributed by atoms with Crippen molar-refractivity contribution in [3.63, 3.8) is 0 Å². The number of nitrogens with one attached hydrogen (secondary N) is 3. The first-order valence-corrected chi connectivity index (χ1v) is 10.1. The number of aromatic amines is 1. The first-order chi connectivity index (χ1) is 14.3. The van der Waals surface area contributed by atoms with Crippen molar-refractivity contribution in [3.8, 4) is 0 Å². The largest absolute Gasteiger partial charge is 0.478 e. The molecule has 6 nitrogen and oxygen atoms in total. The highest BCUT2D eigenvalue weighted by atomic mass is 16.4. The molecular weight excluding hydrogens is 378 g/mol. The fourth-order valence-corrected chi connectivity index (χ4v) is 4.64. The molecule has 0 radical (unpaired) electrons. The first kappa shape index (κ1) is 18.5. The number of ketones is 1. The summed E-state index contributed by atoms with van der Waals surface area (Å²) in [6.07, 6.45) is 3.15. The molecule has 30 heavy (non-hydrogen) atoms. The third-order valence-corrected chi connectivity index (χ3v) is 5.99. The van der Waals surface area contributed by atoms with E-state index in [1.807, 2.05) is 30.5 Å². The Kier molecular flexibility index (Phi) is 4.00. The van der Waals surface area contributed by atoms with Gasteiger partial charge in [-0.2, -0.15) is 0 Å². The minimum atomic E-state index is -0.980. The number of H-pyrrole nitrogens is 1. The molecule has 0 amide bonds. The molecular formula is C24H23N3O3. The number of carboxylic acid groups (broad SMARTS) is 1. The second kappa shape index (κ2) is 6.49. The number of benzene rings is 2. The van der Waals surface area contributed by atoms with E-state index in [1.54, 1.807) is 18.2 Å². The molecule has 1 aliphatic heterocycles. The van der Waals surface area contributed by atoms with Gasteiger partial charge in [-0.05, 0) is 36.1 Å². The molecule has 1 atom stereocenters. The summed E-state index contributed by atoms with van der Waals surface area (Å²) >= 11 is 0. The Bertz CT molecular complexity index is 1240. The second-order valence-corrected chi connectivity index (χ2v) is 8.89. The van der Waals surface area contributed by atoms with E-state index >= 15 is 0 Å². The van der Waals surface area contributed by atoms with E-state index in [4.69, 9.17) is 0 Å². The molecule has 0 saturated heterocycles. The molecule has 0 unspecified atom stereocenters. The van der Waals surface area contributed by atoms with Crippen LogP contribution < -0.4 is 10.6 Å². The van der Waals surface area contributed by atoms with E-state index in [0.717, 1.165) is 33.4 Å². The molecule has 6 heteroatoms. The minimum absolute atomic E-state index is 0.114. The van der Waals surface area contributed by atoms with Crippen molar-refractivity contribution >= 4 is 34.0 Å². The monoisotopic (exact) mass is 401 g/mol. The van der Waals surface area contributed by atoms with Crippen LogP contribution in [0.2, 0.25) is 0 Å². The summed E-state index contributed by atoms with van der Waals surface area (Å²) in [5.74, 6) is -0.867. The van der Waals surface area contributed by atoms with Crippen molar-refractivity contribution in [2.75, 3.05) is 10.6 Å². The number of aromatic nitrogens is 1. The molecule has 3 aromatic rings. The van der Waals surface area contributed by atoms with Crippen molar-refractivity contribution in [2.24, 2.45) is 5.41 Å². The lowest BCUT2D eigenvalue weighted by Crippen LogP contribution is -2.31. The number of hydrogen-bond acceptors (Lipinski definition) is 4. The predicted molar refractivity (Wildman–Crippen MR) is 117 cm³/mol. The SMILES string of the molecule is CC1(C)CC(=O)C2=C(C1)Nc1cc(C(=O)O)ccc1N[C@H]2c1c[nH]c2ccccc12. The van der Waals surface area contributed by atoms with Crippen LogP contribution in [0.25, 0.3) is 10.9 Å². The number of carbonyl (C=O) groups is 2. The van der Waals surface area contributed by atoms with Crippen LogP contribution in [0.15, 0.2) is 59.9 Å². The number of aromatic carboxylic acids is 1. The average Bonchev–Trinajstić information content (AvgIpc) is 3.03. The van der Waals surface area contributed by atoms with Crippen LogP contribution in [-0.4, -0.2) is 21.8 Å². The minimum Gasteiger partial charge on any atom is -0.478 e. The summed E-state index contributed by atoms with van der Waals surface area (Å²) in [5, 5.41) is 17.4. The number of Topliss-reactive ketones (excluding diaryl/α,β-unsaturated/α-hetero) is 1. The number of anilines is 2. The van der Waals surface area contributed by atoms with Crippen LogP contribution in [0.1, 0.15) is 48.7 Å². The van der Waals surface area contributed by atoms with E-state index in [-0.39, 0.29) is 22.8 Å². The number of fused-ring (bicyclic) bond motifs is 2. The maximum atomic E-state index is 13.3. The van der Waals surface area contributed by atoms with E-state index in [1.165, 1.54) is 0 Å². The van der Waals surface area contributed by atoms with Gasteiger partial charge in [-0.25, -0.2) is 4.79 Å². The van der Waals surface area contributed by atoms with E-state index < -0.39 is 5.97 Å². The summed E-state index contributed by atoms with van der Waals surface area (Å²) in [6, 6.07) is 12.7. The summed E-state index contributed by atoms with van der Waals surface area (Å²) in [7, 11) is 0. The smallest absolute Gasteiger partial charge is 0.335 e. The van der Waals surface area contributed by atoms with Gasteiger partial charge < -0.3 is 20.7 Å². The van der Waals surface area contributed by atoms with E-state index in [2.05, 4.69) is 29.5 Å². The van der Waals surface area contributed by atoms with Crippen LogP contribution in [0.5, 0.6) is 0 Å². The Morgan fingerprint density at radius 2 is 1.90 bits per heavy atom. The lowest BCUT2D eigenvalue weighted by Gasteiger charge is -2.34. The van der Waals surface area contributed by atoms with Crippen molar-refractivity contribution < 1.29 is 14.7 Å². The lowest BCUT2D eigenvalue weighted by molar-refractivity contribution is -0.118. The van der Waals surface area contributed by atoms with Crippen molar-refractivity contribution in [1.82, 2.24) is 4.98 Å². The average molecular weight is 401 g/mol. The molecule has 152 valence electrons. The van der Waals surface area contributed by atoms with Crippen LogP contribution in [0, 0.1) is 5.41 Å². The highest BCUT2D eigenvalue weighted by Crippen LogP contribution is 2.46. The number of carboxylic acids is 1. The summed E-state index contributed by atoms with van der Waals surface area (Å²) in [4.78, 5) is 28.1. The van der Waals surface area contributed by atoms with Gasteiger partial charge in [0.15, 0.2) is 5.78 Å². The van der Waals surface area contributed by atoms with Crippen LogP contribution in [-0.2, 0) is 4.79 Å². The van der Waals surface area contributed by atoms with Crippen LogP contribution >= 0.6 is 0 Å². The van der Waals surface area contributed by atoms with Crippen molar-refractivity contribution in [2.45, 2.75) is 32.7 Å². The topological polar surface area (TPSA) is 94.2 Å². The molecule has 4 N–H and O–H groups in total. The van der Waals surface area contributed by atoms with Crippen molar-refractivity contribution in [3.05, 3.63) is 71.1 Å². The van der Waals surface area contributed by atoms with Gasteiger partial charge in [0.05, 0.1) is 23.0 Å². The summed E-state index contributed by atoms with van der Waals surface area (Å²) < 4.78 is 0. The zero-order valence-corrected chi connectivity index (χ0v) is 16.9. The van der Waals surface area contributed by atoms with Gasteiger partial charge in [0.25, 0.3) is 0 Å². The Labute approximate surface area is 174 Å². The Morgan fingerprint density at radius 3 is 2.70 bits per heavy atom. The fourth-order valence-electron chi connectivity index (χ4n) is 4.64. The highest BCUT2D eigenvalue weighted by Gasteiger charge is 2.39. The molecule has 0 fully saturated rings. The van der Waals surface area contributed by atoms with Crippen molar-refractivity contribution in [1.29, 1.82) is 0 Å². The number of hydrogen-bond donors (Lipinski definition) is 4. The normalized spacial score (nSPS) is 20.1. The van der Waals surface area contributed by atoms with Gasteiger partial charge in [0.1, 0.15) is 0 Å². The van der Waals surface area contributed by atoms with Gasteiger partial charge in [0, 0.05) is 40.4 Å². The van der Waals surface area contributed by atoms with Gasteiger partial charge in [-0.3, -0.25) is 4.79 Å². The zero-order chi connectivity index (χ0) is 21.0. The molecule has 2 aliphatic rings.